The van der Waals surface area contributed by atoms with Crippen molar-refractivity contribution in [3.8, 4) is 0 Å². The molecule has 132 valence electrons. The minimum absolute atomic E-state index is 0.319. The summed E-state index contributed by atoms with van der Waals surface area (Å²) in [5.41, 5.74) is 0.740. The Bertz CT molecular complexity index is 687. The SMILES string of the molecule is CCNC(=O)[C@@H](C)NC(=O)CN(C)S(=O)(=O)/C=C/c1ccccc1. The Morgan fingerprint density at radius 3 is 2.46 bits per heavy atom. The third-order valence-corrected chi connectivity index (χ3v) is 4.63. The van der Waals surface area contributed by atoms with Gasteiger partial charge in [-0.3, -0.25) is 9.59 Å². The second-order valence-corrected chi connectivity index (χ2v) is 7.12. The molecule has 1 rings (SSSR count). The smallest absolute Gasteiger partial charge is 0.242 e. The number of rotatable bonds is 8. The Hall–Kier alpha value is -2.19. The molecule has 0 aromatic heterocycles. The van der Waals surface area contributed by atoms with Crippen molar-refractivity contribution in [1.29, 1.82) is 0 Å². The fraction of sp³-hybridized carbons (Fsp3) is 0.375. The van der Waals surface area contributed by atoms with Gasteiger partial charge >= 0.3 is 0 Å². The minimum Gasteiger partial charge on any atom is -0.355 e. The molecule has 2 amide bonds. The van der Waals surface area contributed by atoms with Crippen LogP contribution in [0.5, 0.6) is 0 Å². The lowest BCUT2D eigenvalue weighted by Crippen LogP contribution is -2.48. The molecule has 0 saturated carbocycles. The summed E-state index contributed by atoms with van der Waals surface area (Å²) in [5.74, 6) is -0.867. The van der Waals surface area contributed by atoms with Crippen LogP contribution in [0.25, 0.3) is 6.08 Å². The maximum atomic E-state index is 12.1. The van der Waals surface area contributed by atoms with Crippen molar-refractivity contribution in [2.45, 2.75) is 19.9 Å². The van der Waals surface area contributed by atoms with Crippen LogP contribution < -0.4 is 10.6 Å². The van der Waals surface area contributed by atoms with Crippen molar-refractivity contribution in [3.05, 3.63) is 41.3 Å². The molecule has 0 aliphatic rings. The Morgan fingerprint density at radius 1 is 1.25 bits per heavy atom. The van der Waals surface area contributed by atoms with Crippen molar-refractivity contribution in [3.63, 3.8) is 0 Å². The number of carbonyl (C=O) groups excluding carboxylic acids is 2. The number of nitrogens with one attached hydrogen (secondary N) is 2. The van der Waals surface area contributed by atoms with Gasteiger partial charge in [0, 0.05) is 19.0 Å². The van der Waals surface area contributed by atoms with E-state index in [0.29, 0.717) is 6.54 Å². The van der Waals surface area contributed by atoms with E-state index in [1.165, 1.54) is 20.0 Å². The second-order valence-electron chi connectivity index (χ2n) is 5.20. The number of likely N-dealkylation sites (N-methyl/N-ethyl adjacent to an activating group) is 2. The molecular weight excluding hydrogens is 330 g/mol. The average molecular weight is 353 g/mol. The highest BCUT2D eigenvalue weighted by Crippen LogP contribution is 2.06. The van der Waals surface area contributed by atoms with Crippen LogP contribution in [0.4, 0.5) is 0 Å². The van der Waals surface area contributed by atoms with E-state index in [9.17, 15) is 18.0 Å². The molecule has 2 N–H and O–H groups in total. The third-order valence-electron chi connectivity index (χ3n) is 3.15. The maximum absolute atomic E-state index is 12.1. The number of nitrogens with zero attached hydrogens (tertiary/aromatic N) is 1. The molecule has 7 nitrogen and oxygen atoms in total. The van der Waals surface area contributed by atoms with Gasteiger partial charge in [0.05, 0.1) is 6.54 Å². The van der Waals surface area contributed by atoms with Crippen LogP contribution in [0.1, 0.15) is 19.4 Å². The molecule has 0 aliphatic heterocycles. The first-order chi connectivity index (χ1) is 11.3. The van der Waals surface area contributed by atoms with Crippen LogP contribution in [0.3, 0.4) is 0 Å². The molecule has 24 heavy (non-hydrogen) atoms. The van der Waals surface area contributed by atoms with E-state index in [4.69, 9.17) is 0 Å². The zero-order valence-corrected chi connectivity index (χ0v) is 14.8. The molecule has 1 atom stereocenters. The monoisotopic (exact) mass is 353 g/mol. The van der Waals surface area contributed by atoms with Gasteiger partial charge in [-0.25, -0.2) is 8.42 Å². The fourth-order valence-corrected chi connectivity index (χ4v) is 2.64. The molecule has 0 fully saturated rings. The summed E-state index contributed by atoms with van der Waals surface area (Å²) in [6.07, 6.45) is 1.46. The van der Waals surface area contributed by atoms with Gasteiger partial charge in [0.2, 0.25) is 21.8 Å². The number of sulfonamides is 1. The molecule has 0 radical (unpaired) electrons. The first-order valence-electron chi connectivity index (χ1n) is 7.52. The fourth-order valence-electron chi connectivity index (χ4n) is 1.80. The van der Waals surface area contributed by atoms with Crippen LogP contribution in [-0.2, 0) is 19.6 Å². The lowest BCUT2D eigenvalue weighted by molar-refractivity contribution is -0.128. The van der Waals surface area contributed by atoms with Crippen molar-refractivity contribution >= 4 is 27.9 Å². The standard InChI is InChI=1S/C16H23N3O4S/c1-4-17-16(21)13(2)18-15(20)12-19(3)24(22,23)11-10-14-8-6-5-7-9-14/h5-11,13H,4,12H2,1-3H3,(H,17,21)(H,18,20)/b11-10+/t13-/m1/s1. The summed E-state index contributed by atoms with van der Waals surface area (Å²) in [6.45, 7) is 3.39. The average Bonchev–Trinajstić information content (AvgIpc) is 2.54. The number of carbonyl (C=O) groups is 2. The largest absolute Gasteiger partial charge is 0.355 e. The highest BCUT2D eigenvalue weighted by molar-refractivity contribution is 7.92. The van der Waals surface area contributed by atoms with E-state index in [2.05, 4.69) is 10.6 Å². The molecule has 0 bridgehead atoms. The molecule has 0 aliphatic carbocycles. The summed E-state index contributed by atoms with van der Waals surface area (Å²) >= 11 is 0. The van der Waals surface area contributed by atoms with E-state index < -0.39 is 22.0 Å². The predicted molar refractivity (Wildman–Crippen MR) is 93.3 cm³/mol. The quantitative estimate of drug-likeness (QED) is 0.714. The Morgan fingerprint density at radius 2 is 1.88 bits per heavy atom. The van der Waals surface area contributed by atoms with E-state index in [1.54, 1.807) is 31.2 Å². The Kier molecular flexibility index (Phi) is 7.60. The van der Waals surface area contributed by atoms with Gasteiger partial charge in [0.1, 0.15) is 6.04 Å². The zero-order valence-electron chi connectivity index (χ0n) is 14.0. The number of hydrogen-bond acceptors (Lipinski definition) is 4. The topological polar surface area (TPSA) is 95.6 Å². The van der Waals surface area contributed by atoms with E-state index >= 15 is 0 Å². The Balaban J connectivity index is 2.62. The molecule has 0 unspecified atom stereocenters. The third kappa shape index (κ3) is 6.51. The van der Waals surface area contributed by atoms with E-state index in [-0.39, 0.29) is 12.5 Å². The van der Waals surface area contributed by atoms with Crippen molar-refractivity contribution in [2.75, 3.05) is 20.1 Å². The lowest BCUT2D eigenvalue weighted by Gasteiger charge is -2.17. The summed E-state index contributed by atoms with van der Waals surface area (Å²) in [6, 6.07) is 8.24. The van der Waals surface area contributed by atoms with Gasteiger partial charge in [-0.2, -0.15) is 4.31 Å². The van der Waals surface area contributed by atoms with E-state index in [0.717, 1.165) is 15.3 Å². The molecule has 0 heterocycles. The first kappa shape index (κ1) is 19.9. The molecule has 8 heteroatoms. The van der Waals surface area contributed by atoms with Crippen molar-refractivity contribution < 1.29 is 18.0 Å². The molecule has 0 saturated heterocycles. The zero-order chi connectivity index (χ0) is 18.2. The normalized spacial score (nSPS) is 13.0. The van der Waals surface area contributed by atoms with Crippen molar-refractivity contribution in [2.24, 2.45) is 0 Å². The van der Waals surface area contributed by atoms with Gasteiger partial charge in [0.15, 0.2) is 0 Å². The van der Waals surface area contributed by atoms with Gasteiger partial charge in [-0.15, -0.1) is 0 Å². The van der Waals surface area contributed by atoms with Crippen LogP contribution in [0.15, 0.2) is 35.7 Å². The Labute approximate surface area is 142 Å². The number of amides is 2. The lowest BCUT2D eigenvalue weighted by atomic mass is 10.2. The van der Waals surface area contributed by atoms with Gasteiger partial charge < -0.3 is 10.6 Å². The van der Waals surface area contributed by atoms with E-state index in [1.807, 2.05) is 6.07 Å². The van der Waals surface area contributed by atoms with Crippen LogP contribution >= 0.6 is 0 Å². The summed E-state index contributed by atoms with van der Waals surface area (Å²) in [5, 5.41) is 6.08. The number of benzene rings is 1. The van der Waals surface area contributed by atoms with Gasteiger partial charge in [0.25, 0.3) is 0 Å². The van der Waals surface area contributed by atoms with Gasteiger partial charge in [-0.1, -0.05) is 30.3 Å². The molecular formula is C16H23N3O4S. The summed E-state index contributed by atoms with van der Waals surface area (Å²) < 4.78 is 25.2. The molecule has 1 aromatic rings. The maximum Gasteiger partial charge on any atom is 0.242 e. The number of hydrogen-bond donors (Lipinski definition) is 2. The predicted octanol–water partition coefficient (Wildman–Crippen LogP) is 0.560. The van der Waals surface area contributed by atoms with Crippen LogP contribution in [-0.4, -0.2) is 50.7 Å². The highest BCUT2D eigenvalue weighted by Gasteiger charge is 2.20. The van der Waals surface area contributed by atoms with Crippen LogP contribution in [0.2, 0.25) is 0 Å². The highest BCUT2D eigenvalue weighted by atomic mass is 32.2. The minimum atomic E-state index is -3.73. The molecule has 1 aromatic carbocycles. The first-order valence-corrected chi connectivity index (χ1v) is 9.03. The summed E-state index contributed by atoms with van der Waals surface area (Å²) in [7, 11) is -2.42. The van der Waals surface area contributed by atoms with Gasteiger partial charge in [-0.05, 0) is 25.5 Å². The van der Waals surface area contributed by atoms with Crippen LogP contribution in [0, 0.1) is 0 Å². The second kappa shape index (κ2) is 9.19. The summed E-state index contributed by atoms with van der Waals surface area (Å²) in [4.78, 5) is 23.4. The molecule has 0 spiro atoms. The van der Waals surface area contributed by atoms with Crippen molar-refractivity contribution in [1.82, 2.24) is 14.9 Å².